The van der Waals surface area contributed by atoms with Crippen molar-refractivity contribution >= 4 is 53.5 Å². The maximum atomic E-state index is 3.68. The summed E-state index contributed by atoms with van der Waals surface area (Å²) in [6.07, 6.45) is 1.26. The molecule has 0 aliphatic carbocycles. The summed E-state index contributed by atoms with van der Waals surface area (Å²) in [5, 5.41) is 3.58. The first-order chi connectivity index (χ1) is 9.47. The quantitative estimate of drug-likeness (QED) is 0.650. The molecule has 1 aromatic rings. The lowest BCUT2D eigenvalue weighted by molar-refractivity contribution is 0.477. The van der Waals surface area contributed by atoms with E-state index in [-0.39, 0.29) is 0 Å². The van der Waals surface area contributed by atoms with Crippen molar-refractivity contribution in [3.05, 3.63) is 25.6 Å². The summed E-state index contributed by atoms with van der Waals surface area (Å²) in [5.74, 6) is 1.47. The van der Waals surface area contributed by atoms with Crippen molar-refractivity contribution in [2.45, 2.75) is 20.3 Å². The molecule has 1 saturated heterocycles. The first-order valence-electron chi connectivity index (χ1n) is 7.07. The van der Waals surface area contributed by atoms with Crippen molar-refractivity contribution < 1.29 is 0 Å². The van der Waals surface area contributed by atoms with Crippen molar-refractivity contribution in [2.24, 2.45) is 11.8 Å². The molecule has 112 valence electrons. The van der Waals surface area contributed by atoms with Crippen LogP contribution in [0, 0.1) is 11.8 Å². The average molecular weight is 469 g/mol. The molecule has 1 unspecified atom stereocenters. The molecule has 1 aliphatic heterocycles. The minimum Gasteiger partial charge on any atom is -0.369 e. The van der Waals surface area contributed by atoms with E-state index in [1.807, 2.05) is 0 Å². The summed E-state index contributed by atoms with van der Waals surface area (Å²) >= 11 is 10.9. The summed E-state index contributed by atoms with van der Waals surface area (Å²) in [6, 6.07) is 4.23. The highest BCUT2D eigenvalue weighted by molar-refractivity contribution is 9.11. The minimum absolute atomic E-state index is 0.724. The fourth-order valence-electron chi connectivity index (χ4n) is 2.62. The van der Waals surface area contributed by atoms with Crippen LogP contribution in [0.2, 0.25) is 0 Å². The zero-order valence-corrected chi connectivity index (χ0v) is 16.7. The third kappa shape index (κ3) is 4.46. The average Bonchev–Trinajstić information content (AvgIpc) is 2.75. The molecule has 0 spiro atoms. The molecular formula is C15H21Br3N2. The van der Waals surface area contributed by atoms with Crippen LogP contribution in [-0.2, 0) is 0 Å². The van der Waals surface area contributed by atoms with E-state index in [2.05, 4.69) is 84.0 Å². The number of nitrogens with zero attached hydrogens (tertiary/aromatic N) is 1. The van der Waals surface area contributed by atoms with E-state index in [0.29, 0.717) is 0 Å². The first kappa shape index (κ1) is 16.8. The molecule has 5 heteroatoms. The van der Waals surface area contributed by atoms with E-state index < -0.39 is 0 Å². The Morgan fingerprint density at radius 1 is 1.25 bits per heavy atom. The van der Waals surface area contributed by atoms with E-state index in [1.165, 1.54) is 12.1 Å². The molecule has 0 aromatic heterocycles. The highest BCUT2D eigenvalue weighted by Gasteiger charge is 2.25. The fraction of sp³-hybridized carbons (Fsp3) is 0.600. The Morgan fingerprint density at radius 3 is 2.50 bits per heavy atom. The van der Waals surface area contributed by atoms with Crippen molar-refractivity contribution in [1.29, 1.82) is 0 Å². The number of hydrogen-bond acceptors (Lipinski definition) is 2. The summed E-state index contributed by atoms with van der Waals surface area (Å²) < 4.78 is 3.39. The third-order valence-corrected chi connectivity index (χ3v) is 5.24. The molecule has 0 amide bonds. The molecule has 0 saturated carbocycles. The van der Waals surface area contributed by atoms with Crippen LogP contribution in [0.25, 0.3) is 0 Å². The van der Waals surface area contributed by atoms with Crippen LogP contribution in [-0.4, -0.2) is 26.2 Å². The number of hydrogen-bond donors (Lipinski definition) is 1. The molecule has 1 atom stereocenters. The van der Waals surface area contributed by atoms with E-state index in [4.69, 9.17) is 0 Å². The SMILES string of the molecule is CC(C)CNCC1CCN(c2c(Br)cc(Br)cc2Br)C1. The molecule has 0 bridgehead atoms. The molecule has 2 rings (SSSR count). The first-order valence-corrected chi connectivity index (χ1v) is 9.45. The Kier molecular flexibility index (Phi) is 6.39. The second kappa shape index (κ2) is 7.61. The highest BCUT2D eigenvalue weighted by atomic mass is 79.9. The normalized spacial score (nSPS) is 19.1. The van der Waals surface area contributed by atoms with Gasteiger partial charge in [0.2, 0.25) is 0 Å². The predicted molar refractivity (Wildman–Crippen MR) is 97.6 cm³/mol. The monoisotopic (exact) mass is 466 g/mol. The summed E-state index contributed by atoms with van der Waals surface area (Å²) in [4.78, 5) is 2.47. The Morgan fingerprint density at radius 2 is 1.90 bits per heavy atom. The smallest absolute Gasteiger partial charge is 0.0655 e. The van der Waals surface area contributed by atoms with Gasteiger partial charge in [0.05, 0.1) is 5.69 Å². The number of halogens is 3. The van der Waals surface area contributed by atoms with Gasteiger partial charge in [-0.2, -0.15) is 0 Å². The van der Waals surface area contributed by atoms with Crippen LogP contribution in [0.5, 0.6) is 0 Å². The molecule has 2 nitrogen and oxygen atoms in total. The third-order valence-electron chi connectivity index (χ3n) is 3.57. The van der Waals surface area contributed by atoms with Gasteiger partial charge in [0.25, 0.3) is 0 Å². The lowest BCUT2D eigenvalue weighted by atomic mass is 10.1. The molecule has 20 heavy (non-hydrogen) atoms. The van der Waals surface area contributed by atoms with Gasteiger partial charge >= 0.3 is 0 Å². The lowest BCUT2D eigenvalue weighted by Crippen LogP contribution is -2.28. The highest BCUT2D eigenvalue weighted by Crippen LogP contribution is 2.39. The van der Waals surface area contributed by atoms with Crippen molar-refractivity contribution in [3.8, 4) is 0 Å². The van der Waals surface area contributed by atoms with Crippen molar-refractivity contribution in [3.63, 3.8) is 0 Å². The second-order valence-electron chi connectivity index (χ2n) is 5.87. The van der Waals surface area contributed by atoms with Gasteiger partial charge in [-0.15, -0.1) is 0 Å². The molecule has 1 fully saturated rings. The van der Waals surface area contributed by atoms with Crippen LogP contribution >= 0.6 is 47.8 Å². The van der Waals surface area contributed by atoms with E-state index in [9.17, 15) is 0 Å². The lowest BCUT2D eigenvalue weighted by Gasteiger charge is -2.22. The number of benzene rings is 1. The summed E-state index contributed by atoms with van der Waals surface area (Å²) in [5.41, 5.74) is 1.28. The van der Waals surface area contributed by atoms with Gasteiger partial charge < -0.3 is 10.2 Å². The van der Waals surface area contributed by atoms with Gasteiger partial charge in [0.1, 0.15) is 0 Å². The zero-order chi connectivity index (χ0) is 14.7. The van der Waals surface area contributed by atoms with Crippen LogP contribution in [0.3, 0.4) is 0 Å². The van der Waals surface area contributed by atoms with Crippen molar-refractivity contribution in [2.75, 3.05) is 31.1 Å². The van der Waals surface area contributed by atoms with E-state index in [0.717, 1.165) is 51.4 Å². The maximum absolute atomic E-state index is 3.68. The number of nitrogens with one attached hydrogen (secondary N) is 1. The molecule has 1 N–H and O–H groups in total. The molecule has 1 heterocycles. The van der Waals surface area contributed by atoms with E-state index in [1.54, 1.807) is 0 Å². The van der Waals surface area contributed by atoms with Gasteiger partial charge in [-0.05, 0) is 75.3 Å². The van der Waals surface area contributed by atoms with Crippen LogP contribution in [0.1, 0.15) is 20.3 Å². The maximum Gasteiger partial charge on any atom is 0.0655 e. The zero-order valence-electron chi connectivity index (χ0n) is 11.9. The Hall–Kier alpha value is 0.420. The molecular weight excluding hydrogens is 448 g/mol. The molecule has 0 radical (unpaired) electrons. The molecule has 1 aromatic carbocycles. The number of anilines is 1. The fourth-order valence-corrected chi connectivity index (χ4v) is 5.38. The van der Waals surface area contributed by atoms with Crippen LogP contribution < -0.4 is 10.2 Å². The van der Waals surface area contributed by atoms with Gasteiger partial charge in [-0.25, -0.2) is 0 Å². The number of rotatable bonds is 5. The van der Waals surface area contributed by atoms with E-state index >= 15 is 0 Å². The van der Waals surface area contributed by atoms with Crippen LogP contribution in [0.4, 0.5) is 5.69 Å². The summed E-state index contributed by atoms with van der Waals surface area (Å²) in [6.45, 7) is 9.01. The van der Waals surface area contributed by atoms with Gasteiger partial charge in [0, 0.05) is 26.5 Å². The van der Waals surface area contributed by atoms with Crippen molar-refractivity contribution in [1.82, 2.24) is 5.32 Å². The standard InChI is InChI=1S/C15H21Br3N2/c1-10(2)7-19-8-11-3-4-20(9-11)15-13(17)5-12(16)6-14(15)18/h5-6,10-11,19H,3-4,7-9H2,1-2H3. The largest absolute Gasteiger partial charge is 0.369 e. The second-order valence-corrected chi connectivity index (χ2v) is 8.50. The van der Waals surface area contributed by atoms with Crippen LogP contribution in [0.15, 0.2) is 25.6 Å². The Bertz CT molecular complexity index is 439. The van der Waals surface area contributed by atoms with Gasteiger partial charge in [0.15, 0.2) is 0 Å². The Balaban J connectivity index is 1.96. The van der Waals surface area contributed by atoms with Gasteiger partial charge in [-0.3, -0.25) is 0 Å². The Labute approximate surface area is 147 Å². The summed E-state index contributed by atoms with van der Waals surface area (Å²) in [7, 11) is 0. The van der Waals surface area contributed by atoms with Gasteiger partial charge in [-0.1, -0.05) is 29.8 Å². The minimum atomic E-state index is 0.724. The predicted octanol–water partition coefficient (Wildman–Crippen LogP) is 5.05. The molecule has 1 aliphatic rings. The topological polar surface area (TPSA) is 15.3 Å².